The highest BCUT2D eigenvalue weighted by Crippen LogP contribution is 2.26. The molecule has 0 aliphatic carbocycles. The molecule has 0 spiro atoms. The van der Waals surface area contributed by atoms with Crippen molar-refractivity contribution in [3.63, 3.8) is 0 Å². The van der Waals surface area contributed by atoms with Gasteiger partial charge in [-0.3, -0.25) is 4.99 Å². The van der Waals surface area contributed by atoms with E-state index in [-0.39, 0.29) is 0 Å². The summed E-state index contributed by atoms with van der Waals surface area (Å²) < 4.78 is 0. The van der Waals surface area contributed by atoms with Crippen LogP contribution < -0.4 is 5.32 Å². The number of amidine groups is 1. The summed E-state index contributed by atoms with van der Waals surface area (Å²) in [5.41, 5.74) is 0. The quantitative estimate of drug-likeness (QED) is 0.763. The van der Waals surface area contributed by atoms with Crippen LogP contribution in [0.5, 0.6) is 0 Å². The lowest BCUT2D eigenvalue weighted by atomic mass is 10.2. The van der Waals surface area contributed by atoms with Crippen molar-refractivity contribution in [1.29, 1.82) is 0 Å². The summed E-state index contributed by atoms with van der Waals surface area (Å²) in [4.78, 5) is 4.44. The topological polar surface area (TPSA) is 24.4 Å². The van der Waals surface area contributed by atoms with Crippen LogP contribution >= 0.6 is 23.5 Å². The monoisotopic (exact) mass is 216 g/mol. The van der Waals surface area contributed by atoms with E-state index in [1.807, 2.05) is 11.8 Å². The van der Waals surface area contributed by atoms with Crippen molar-refractivity contribution in [2.75, 3.05) is 18.8 Å². The zero-order valence-electron chi connectivity index (χ0n) is 7.95. The lowest BCUT2D eigenvalue weighted by Crippen LogP contribution is -2.26. The Morgan fingerprint density at radius 2 is 2.54 bits per heavy atom. The van der Waals surface area contributed by atoms with Crippen LogP contribution in [0.25, 0.3) is 0 Å². The van der Waals surface area contributed by atoms with Gasteiger partial charge in [-0.1, -0.05) is 18.7 Å². The van der Waals surface area contributed by atoms with Crippen LogP contribution in [0.1, 0.15) is 19.8 Å². The number of rotatable bonds is 2. The van der Waals surface area contributed by atoms with Gasteiger partial charge in [-0.15, -0.1) is 0 Å². The summed E-state index contributed by atoms with van der Waals surface area (Å²) >= 11 is 3.98. The van der Waals surface area contributed by atoms with Gasteiger partial charge in [-0.25, -0.2) is 0 Å². The molecule has 0 aromatic carbocycles. The maximum atomic E-state index is 4.44. The third-order valence-corrected chi connectivity index (χ3v) is 4.76. The Morgan fingerprint density at radius 1 is 1.62 bits per heavy atom. The highest BCUT2D eigenvalue weighted by Gasteiger charge is 2.18. The first-order valence-corrected chi connectivity index (χ1v) is 6.84. The molecule has 2 heterocycles. The zero-order valence-corrected chi connectivity index (χ0v) is 9.59. The van der Waals surface area contributed by atoms with Crippen LogP contribution in [-0.2, 0) is 0 Å². The summed E-state index contributed by atoms with van der Waals surface area (Å²) in [7, 11) is 0. The molecule has 2 unspecified atom stereocenters. The molecular formula is C9H16N2S2. The van der Waals surface area contributed by atoms with Crippen molar-refractivity contribution in [1.82, 2.24) is 5.32 Å². The second kappa shape index (κ2) is 4.60. The van der Waals surface area contributed by atoms with Gasteiger partial charge >= 0.3 is 0 Å². The molecule has 1 fully saturated rings. The van der Waals surface area contributed by atoms with Crippen LogP contribution in [0.3, 0.4) is 0 Å². The van der Waals surface area contributed by atoms with E-state index >= 15 is 0 Å². The van der Waals surface area contributed by atoms with E-state index in [9.17, 15) is 0 Å². The summed E-state index contributed by atoms with van der Waals surface area (Å²) in [6.07, 6.45) is 2.78. The van der Waals surface area contributed by atoms with Gasteiger partial charge in [-0.2, -0.15) is 11.8 Å². The molecule has 0 radical (unpaired) electrons. The molecule has 0 aromatic rings. The maximum Gasteiger partial charge on any atom is 0.156 e. The van der Waals surface area contributed by atoms with Crippen molar-refractivity contribution in [3.05, 3.63) is 0 Å². The first-order chi connectivity index (χ1) is 6.34. The highest BCUT2D eigenvalue weighted by molar-refractivity contribution is 8.14. The molecule has 2 aliphatic heterocycles. The predicted octanol–water partition coefficient (Wildman–Crippen LogP) is 1.96. The molecule has 0 bridgehead atoms. The number of nitrogens with one attached hydrogen (secondary N) is 1. The molecule has 4 heteroatoms. The molecule has 1 N–H and O–H groups in total. The lowest BCUT2D eigenvalue weighted by Gasteiger charge is -2.10. The molecule has 13 heavy (non-hydrogen) atoms. The minimum atomic E-state index is 0.679. The zero-order chi connectivity index (χ0) is 9.10. The lowest BCUT2D eigenvalue weighted by molar-refractivity contribution is 0.749. The number of hydrogen-bond donors (Lipinski definition) is 1. The molecule has 2 aliphatic rings. The Balaban J connectivity index is 1.67. The third kappa shape index (κ3) is 2.81. The van der Waals surface area contributed by atoms with E-state index in [1.54, 1.807) is 0 Å². The van der Waals surface area contributed by atoms with Crippen molar-refractivity contribution < 1.29 is 0 Å². The number of nitrogens with zero attached hydrogens (tertiary/aromatic N) is 1. The fourth-order valence-corrected chi connectivity index (χ4v) is 3.63. The molecular weight excluding hydrogens is 200 g/mol. The largest absolute Gasteiger partial charge is 0.364 e. The normalized spacial score (nSPS) is 33.5. The Kier molecular flexibility index (Phi) is 3.44. The second-order valence-corrected chi connectivity index (χ2v) is 6.43. The van der Waals surface area contributed by atoms with Crippen LogP contribution in [0.4, 0.5) is 0 Å². The van der Waals surface area contributed by atoms with Gasteiger partial charge in [0.2, 0.25) is 0 Å². The molecule has 0 aromatic heterocycles. The van der Waals surface area contributed by atoms with E-state index in [2.05, 4.69) is 29.0 Å². The fraction of sp³-hybridized carbons (Fsp3) is 0.889. The second-order valence-electron chi connectivity index (χ2n) is 3.59. The van der Waals surface area contributed by atoms with Crippen molar-refractivity contribution >= 4 is 28.7 Å². The van der Waals surface area contributed by atoms with Gasteiger partial charge in [0.15, 0.2) is 5.17 Å². The minimum Gasteiger partial charge on any atom is -0.364 e. The molecule has 2 nitrogen and oxygen atoms in total. The Labute approximate surface area is 88.3 Å². The molecule has 74 valence electrons. The minimum absolute atomic E-state index is 0.679. The fourth-order valence-electron chi connectivity index (χ4n) is 1.58. The van der Waals surface area contributed by atoms with Crippen LogP contribution in [0.15, 0.2) is 4.99 Å². The summed E-state index contributed by atoms with van der Waals surface area (Å²) in [6.45, 7) is 4.33. The Hall–Kier alpha value is 0.170. The Bertz CT molecular complexity index is 200. The van der Waals surface area contributed by atoms with E-state index in [4.69, 9.17) is 0 Å². The van der Waals surface area contributed by atoms with E-state index in [0.717, 1.165) is 18.3 Å². The summed E-state index contributed by atoms with van der Waals surface area (Å²) in [5, 5.41) is 6.12. The SMILES string of the molecule is CC1CN=C(NCC2CCCS2)S1. The smallest absolute Gasteiger partial charge is 0.156 e. The molecule has 2 atom stereocenters. The average molecular weight is 216 g/mol. The van der Waals surface area contributed by atoms with Crippen molar-refractivity contribution in [3.8, 4) is 0 Å². The maximum absolute atomic E-state index is 4.44. The van der Waals surface area contributed by atoms with Gasteiger partial charge in [0.05, 0.1) is 6.54 Å². The average Bonchev–Trinajstić information content (AvgIpc) is 2.71. The van der Waals surface area contributed by atoms with Crippen molar-refractivity contribution in [2.24, 2.45) is 4.99 Å². The van der Waals surface area contributed by atoms with Crippen molar-refractivity contribution in [2.45, 2.75) is 30.3 Å². The van der Waals surface area contributed by atoms with Gasteiger partial charge in [0.1, 0.15) is 0 Å². The third-order valence-electron chi connectivity index (χ3n) is 2.31. The number of hydrogen-bond acceptors (Lipinski definition) is 4. The number of aliphatic imine (C=N–C) groups is 1. The van der Waals surface area contributed by atoms with Crippen LogP contribution in [0.2, 0.25) is 0 Å². The molecule has 0 amide bonds. The van der Waals surface area contributed by atoms with E-state index in [1.165, 1.54) is 23.8 Å². The first-order valence-electron chi connectivity index (χ1n) is 4.91. The summed E-state index contributed by atoms with van der Waals surface area (Å²) in [5.74, 6) is 1.35. The predicted molar refractivity (Wildman–Crippen MR) is 62.8 cm³/mol. The summed E-state index contributed by atoms with van der Waals surface area (Å²) in [6, 6.07) is 0. The van der Waals surface area contributed by atoms with Gasteiger partial charge in [-0.05, 0) is 18.6 Å². The Morgan fingerprint density at radius 3 is 3.15 bits per heavy atom. The van der Waals surface area contributed by atoms with Gasteiger partial charge < -0.3 is 5.32 Å². The first kappa shape index (κ1) is 9.71. The van der Waals surface area contributed by atoms with Gasteiger partial charge in [0.25, 0.3) is 0 Å². The van der Waals surface area contributed by atoms with E-state index < -0.39 is 0 Å². The molecule has 0 saturated carbocycles. The number of thioether (sulfide) groups is 2. The van der Waals surface area contributed by atoms with Gasteiger partial charge in [0, 0.05) is 17.0 Å². The standard InChI is InChI=1S/C9H16N2S2/c1-7-5-10-9(13-7)11-6-8-3-2-4-12-8/h7-8H,2-6H2,1H3,(H,10,11). The van der Waals surface area contributed by atoms with Crippen LogP contribution in [0, 0.1) is 0 Å². The molecule has 2 rings (SSSR count). The molecule has 1 saturated heterocycles. The highest BCUT2D eigenvalue weighted by atomic mass is 32.2. The van der Waals surface area contributed by atoms with Crippen LogP contribution in [-0.4, -0.2) is 34.5 Å². The van der Waals surface area contributed by atoms with E-state index in [0.29, 0.717) is 5.25 Å².